The van der Waals surface area contributed by atoms with Crippen molar-refractivity contribution in [2.75, 3.05) is 18.5 Å². The first-order valence-electron chi connectivity index (χ1n) is 10.2. The third-order valence-corrected chi connectivity index (χ3v) is 5.69. The van der Waals surface area contributed by atoms with Crippen LogP contribution in [-0.2, 0) is 24.3 Å². The molecule has 0 fully saturated rings. The Labute approximate surface area is 183 Å². The van der Waals surface area contributed by atoms with Crippen LogP contribution in [0.5, 0.6) is 0 Å². The molecule has 0 unspecified atom stereocenters. The smallest absolute Gasteiger partial charge is 0.327 e. The summed E-state index contributed by atoms with van der Waals surface area (Å²) < 4.78 is 28.1. The van der Waals surface area contributed by atoms with Crippen molar-refractivity contribution in [1.29, 1.82) is 0 Å². The van der Waals surface area contributed by atoms with Gasteiger partial charge in [-0.05, 0) is 46.9 Å². The monoisotopic (exact) mass is 439 g/mol. The second-order valence-electron chi connectivity index (χ2n) is 7.76. The van der Waals surface area contributed by atoms with Crippen molar-refractivity contribution in [2.45, 2.75) is 25.9 Å². The van der Waals surface area contributed by atoms with Gasteiger partial charge in [-0.3, -0.25) is 9.36 Å². The van der Waals surface area contributed by atoms with E-state index in [2.05, 4.69) is 11.2 Å². The van der Waals surface area contributed by atoms with Gasteiger partial charge in [0.1, 0.15) is 6.33 Å². The van der Waals surface area contributed by atoms with Gasteiger partial charge in [0.15, 0.2) is 0 Å². The Hall–Kier alpha value is -3.59. The Balaban J connectivity index is 1.57. The van der Waals surface area contributed by atoms with Gasteiger partial charge in [0.25, 0.3) is 6.08 Å². The zero-order chi connectivity index (χ0) is 22.8. The second-order valence-corrected chi connectivity index (χ2v) is 7.76. The molecule has 2 aromatic carbocycles. The van der Waals surface area contributed by atoms with Crippen LogP contribution in [0.1, 0.15) is 17.5 Å². The molecule has 0 saturated heterocycles. The molecule has 2 N–H and O–H groups in total. The topological polar surface area (TPSA) is 86.2 Å². The summed E-state index contributed by atoms with van der Waals surface area (Å²) in [4.78, 5) is 26.1. The van der Waals surface area contributed by atoms with Crippen LogP contribution in [0.15, 0.2) is 65.2 Å². The Bertz CT molecular complexity index is 1260. The van der Waals surface area contributed by atoms with Crippen molar-refractivity contribution in [2.24, 2.45) is 5.73 Å². The van der Waals surface area contributed by atoms with Crippen molar-refractivity contribution in [1.82, 2.24) is 14.3 Å². The van der Waals surface area contributed by atoms with Crippen LogP contribution in [-0.4, -0.2) is 33.8 Å². The van der Waals surface area contributed by atoms with E-state index in [1.807, 2.05) is 36.4 Å². The lowest BCUT2D eigenvalue weighted by molar-refractivity contribution is -0.118. The number of nitrogens with two attached hydrogens (primary N) is 1. The maximum atomic E-state index is 12.9. The molecule has 0 bridgehead atoms. The molecule has 166 valence electrons. The summed E-state index contributed by atoms with van der Waals surface area (Å²) in [5, 5.41) is 3.94. The zero-order valence-electron chi connectivity index (χ0n) is 17.6. The maximum absolute atomic E-state index is 12.9. The molecule has 0 radical (unpaired) electrons. The summed E-state index contributed by atoms with van der Waals surface area (Å²) in [6, 6.07) is 13.8. The van der Waals surface area contributed by atoms with Crippen molar-refractivity contribution in [3.8, 4) is 11.1 Å². The number of fused-ring (bicyclic) bond motifs is 1. The molecule has 0 aliphatic carbocycles. The minimum atomic E-state index is -1.89. The summed E-state index contributed by atoms with van der Waals surface area (Å²) in [6.45, 7) is -0.417. The first kappa shape index (κ1) is 21.6. The van der Waals surface area contributed by atoms with E-state index in [-0.39, 0.29) is 31.1 Å². The number of carbonyl (C=O) groups is 1. The van der Waals surface area contributed by atoms with Crippen LogP contribution in [0.2, 0.25) is 0 Å². The quantitative estimate of drug-likeness (QED) is 0.640. The minimum absolute atomic E-state index is 0.113. The van der Waals surface area contributed by atoms with Gasteiger partial charge in [0.05, 0.1) is 13.1 Å². The number of nitrogens with zero attached hydrogens (tertiary/aromatic N) is 4. The van der Waals surface area contributed by atoms with E-state index in [9.17, 15) is 18.4 Å². The highest BCUT2D eigenvalue weighted by Crippen LogP contribution is 2.31. The molecule has 2 heterocycles. The molecule has 4 rings (SSSR count). The Morgan fingerprint density at radius 2 is 1.88 bits per heavy atom. The molecule has 1 aliphatic heterocycles. The van der Waals surface area contributed by atoms with E-state index in [4.69, 9.17) is 5.73 Å². The van der Waals surface area contributed by atoms with Gasteiger partial charge in [-0.2, -0.15) is 13.9 Å². The first-order chi connectivity index (χ1) is 15.4. The van der Waals surface area contributed by atoms with Crippen molar-refractivity contribution >= 4 is 11.6 Å². The van der Waals surface area contributed by atoms with E-state index in [0.717, 1.165) is 32.6 Å². The third kappa shape index (κ3) is 4.24. The third-order valence-electron chi connectivity index (χ3n) is 5.69. The predicted octanol–water partition coefficient (Wildman–Crippen LogP) is 2.78. The summed E-state index contributed by atoms with van der Waals surface area (Å²) >= 11 is 0. The lowest BCUT2D eigenvalue weighted by Gasteiger charge is -2.26. The molecular weight excluding hydrogens is 416 g/mol. The van der Waals surface area contributed by atoms with Crippen LogP contribution < -0.4 is 16.3 Å². The van der Waals surface area contributed by atoms with Crippen LogP contribution in [0, 0.1) is 0 Å². The normalized spacial score (nSPS) is 13.2. The Kier molecular flexibility index (Phi) is 6.00. The number of aryl methyl sites for hydroxylation is 1. The fourth-order valence-electron chi connectivity index (χ4n) is 3.85. The fraction of sp³-hybridized carbons (Fsp3) is 0.261. The fourth-order valence-corrected chi connectivity index (χ4v) is 3.85. The predicted molar refractivity (Wildman–Crippen MR) is 117 cm³/mol. The van der Waals surface area contributed by atoms with E-state index in [1.54, 1.807) is 11.9 Å². The summed E-state index contributed by atoms with van der Waals surface area (Å²) in [5.74, 6) is 0.113. The van der Waals surface area contributed by atoms with Crippen molar-refractivity contribution in [3.05, 3.63) is 82.1 Å². The molecule has 7 nitrogen and oxygen atoms in total. The Morgan fingerprint density at radius 1 is 1.09 bits per heavy atom. The summed E-state index contributed by atoms with van der Waals surface area (Å²) in [7, 11) is 1.78. The number of anilines is 1. The van der Waals surface area contributed by atoms with E-state index < -0.39 is 11.8 Å². The van der Waals surface area contributed by atoms with Crippen LogP contribution >= 0.6 is 0 Å². The van der Waals surface area contributed by atoms with Crippen LogP contribution in [0.3, 0.4) is 0 Å². The number of amides is 1. The van der Waals surface area contributed by atoms with Crippen LogP contribution in [0.25, 0.3) is 11.1 Å². The average Bonchev–Trinajstić information content (AvgIpc) is 3.13. The first-order valence-corrected chi connectivity index (χ1v) is 10.2. The second kappa shape index (κ2) is 8.88. The van der Waals surface area contributed by atoms with Gasteiger partial charge in [0.2, 0.25) is 5.91 Å². The van der Waals surface area contributed by atoms with Gasteiger partial charge in [-0.15, -0.1) is 0 Å². The number of halogens is 2. The highest BCUT2D eigenvalue weighted by atomic mass is 19.3. The van der Waals surface area contributed by atoms with Gasteiger partial charge in [-0.25, -0.2) is 9.48 Å². The lowest BCUT2D eigenvalue weighted by atomic mass is 9.95. The SMILES string of the molecule is CN1C(=O)CCc2cc(-c3cccc(Cn4cnn(CC(CN)=C(F)F)c4=O)c3)ccc21. The zero-order valence-corrected chi connectivity index (χ0v) is 17.6. The van der Waals surface area contributed by atoms with Crippen molar-refractivity contribution < 1.29 is 13.6 Å². The van der Waals surface area contributed by atoms with Crippen LogP contribution in [0.4, 0.5) is 14.5 Å². The van der Waals surface area contributed by atoms with E-state index >= 15 is 0 Å². The number of hydrogen-bond acceptors (Lipinski definition) is 4. The standard InChI is InChI=1S/C23H23F2N5O2/c1-28-20-7-5-17(10-18(20)6-8-21(28)31)16-4-2-3-15(9-16)12-29-14-27-30(23(29)32)13-19(11-26)22(24)25/h2-5,7,9-10,14H,6,8,11-13,26H2,1H3. The van der Waals surface area contributed by atoms with Crippen molar-refractivity contribution in [3.63, 3.8) is 0 Å². The number of benzene rings is 2. The summed E-state index contributed by atoms with van der Waals surface area (Å²) in [6.07, 6.45) is 0.653. The number of carbonyl (C=O) groups excluding carboxylic acids is 1. The number of hydrogen-bond donors (Lipinski definition) is 1. The van der Waals surface area contributed by atoms with Gasteiger partial charge >= 0.3 is 5.69 Å². The summed E-state index contributed by atoms with van der Waals surface area (Å²) in [5.41, 5.74) is 9.45. The average molecular weight is 439 g/mol. The molecule has 1 amide bonds. The van der Waals surface area contributed by atoms with Gasteiger partial charge < -0.3 is 10.6 Å². The molecular formula is C23H23F2N5O2. The Morgan fingerprint density at radius 3 is 2.62 bits per heavy atom. The molecule has 1 aliphatic rings. The van der Waals surface area contributed by atoms with Gasteiger partial charge in [-0.1, -0.05) is 24.3 Å². The molecule has 0 atom stereocenters. The number of aromatic nitrogens is 3. The number of rotatable bonds is 6. The lowest BCUT2D eigenvalue weighted by Crippen LogP contribution is -2.30. The molecule has 32 heavy (non-hydrogen) atoms. The molecule has 1 aromatic heterocycles. The maximum Gasteiger partial charge on any atom is 0.346 e. The molecule has 3 aromatic rings. The largest absolute Gasteiger partial charge is 0.346 e. The minimum Gasteiger partial charge on any atom is -0.327 e. The highest BCUT2D eigenvalue weighted by molar-refractivity contribution is 5.96. The van der Waals surface area contributed by atoms with Gasteiger partial charge in [0, 0.05) is 31.3 Å². The molecule has 9 heteroatoms. The molecule has 0 spiro atoms. The van der Waals surface area contributed by atoms with E-state index in [0.29, 0.717) is 12.8 Å². The molecule has 0 saturated carbocycles. The van der Waals surface area contributed by atoms with E-state index in [1.165, 1.54) is 10.9 Å². The highest BCUT2D eigenvalue weighted by Gasteiger charge is 2.21.